The van der Waals surface area contributed by atoms with Crippen LogP contribution in [0.2, 0.25) is 0 Å². The molecular formula is C20H21NO. The summed E-state index contributed by atoms with van der Waals surface area (Å²) in [4.78, 5) is 2.52. The van der Waals surface area contributed by atoms with E-state index < -0.39 is 0 Å². The Hall–Kier alpha value is -2.06. The molecular weight excluding hydrogens is 270 g/mol. The molecule has 0 saturated heterocycles. The van der Waals surface area contributed by atoms with E-state index in [1.54, 1.807) is 0 Å². The molecule has 4 rings (SSSR count). The van der Waals surface area contributed by atoms with E-state index in [1.165, 1.54) is 27.8 Å². The number of nitrogens with zero attached hydrogens (tertiary/aromatic N) is 1. The van der Waals surface area contributed by atoms with Gasteiger partial charge in [0.25, 0.3) is 0 Å². The van der Waals surface area contributed by atoms with Crippen LogP contribution in [0.1, 0.15) is 35.3 Å². The van der Waals surface area contributed by atoms with Crippen molar-refractivity contribution in [2.75, 3.05) is 13.1 Å². The van der Waals surface area contributed by atoms with Gasteiger partial charge in [-0.05, 0) is 35.6 Å². The molecule has 0 amide bonds. The molecule has 112 valence electrons. The van der Waals surface area contributed by atoms with E-state index in [2.05, 4.69) is 60.4 Å². The van der Waals surface area contributed by atoms with Crippen molar-refractivity contribution < 1.29 is 4.74 Å². The standard InChI is InChI=1S/C20H21NO/c1-15-19-8-4-5-9-20(19)18(14-22-15)13-21-11-10-16-6-2-3-7-17(16)12-21/h2-9,14-15H,10-13H2,1H3. The van der Waals surface area contributed by atoms with E-state index >= 15 is 0 Å². The molecule has 2 aromatic rings. The second-order valence-corrected chi connectivity index (χ2v) is 6.24. The van der Waals surface area contributed by atoms with Gasteiger partial charge >= 0.3 is 0 Å². The van der Waals surface area contributed by atoms with E-state index in [-0.39, 0.29) is 6.10 Å². The topological polar surface area (TPSA) is 12.5 Å². The van der Waals surface area contributed by atoms with Crippen molar-refractivity contribution in [1.29, 1.82) is 0 Å². The summed E-state index contributed by atoms with van der Waals surface area (Å²) in [6, 6.07) is 17.4. The first-order chi connectivity index (χ1) is 10.8. The third-order valence-electron chi connectivity index (χ3n) is 4.76. The minimum absolute atomic E-state index is 0.155. The SMILES string of the molecule is CC1OC=C(CN2CCc3ccccc3C2)c2ccccc21. The Balaban J connectivity index is 1.55. The summed E-state index contributed by atoms with van der Waals surface area (Å²) in [5.74, 6) is 0. The molecule has 2 heteroatoms. The highest BCUT2D eigenvalue weighted by atomic mass is 16.5. The van der Waals surface area contributed by atoms with Crippen LogP contribution in [-0.2, 0) is 17.7 Å². The maximum Gasteiger partial charge on any atom is 0.121 e. The molecule has 0 bridgehead atoms. The van der Waals surface area contributed by atoms with E-state index in [0.717, 1.165) is 26.1 Å². The van der Waals surface area contributed by atoms with Crippen molar-refractivity contribution in [2.45, 2.75) is 26.0 Å². The molecule has 2 heterocycles. The molecule has 0 aromatic heterocycles. The molecule has 2 nitrogen and oxygen atoms in total. The van der Waals surface area contributed by atoms with Crippen LogP contribution in [0.15, 0.2) is 54.8 Å². The Bertz CT molecular complexity index is 719. The van der Waals surface area contributed by atoms with Gasteiger partial charge in [0.1, 0.15) is 6.10 Å². The predicted octanol–water partition coefficient (Wildman–Crippen LogP) is 4.18. The summed E-state index contributed by atoms with van der Waals surface area (Å²) in [7, 11) is 0. The number of hydrogen-bond donors (Lipinski definition) is 0. The fraction of sp³-hybridized carbons (Fsp3) is 0.300. The summed E-state index contributed by atoms with van der Waals surface area (Å²) >= 11 is 0. The second kappa shape index (κ2) is 5.62. The fourth-order valence-corrected chi connectivity index (χ4v) is 3.52. The van der Waals surface area contributed by atoms with Crippen molar-refractivity contribution in [3.8, 4) is 0 Å². The highest BCUT2D eigenvalue weighted by Crippen LogP contribution is 2.33. The number of hydrogen-bond acceptors (Lipinski definition) is 2. The normalized spacial score (nSPS) is 20.6. The summed E-state index contributed by atoms with van der Waals surface area (Å²) in [5, 5.41) is 0. The molecule has 0 N–H and O–H groups in total. The highest BCUT2D eigenvalue weighted by molar-refractivity contribution is 5.70. The lowest BCUT2D eigenvalue weighted by Crippen LogP contribution is -2.32. The Morgan fingerprint density at radius 1 is 1.05 bits per heavy atom. The second-order valence-electron chi connectivity index (χ2n) is 6.24. The summed E-state index contributed by atoms with van der Waals surface area (Å²) in [5.41, 5.74) is 6.92. The molecule has 0 radical (unpaired) electrons. The molecule has 2 aromatic carbocycles. The van der Waals surface area contributed by atoms with Gasteiger partial charge in [0, 0.05) is 25.2 Å². The van der Waals surface area contributed by atoms with E-state index in [9.17, 15) is 0 Å². The van der Waals surface area contributed by atoms with Gasteiger partial charge in [-0.3, -0.25) is 4.90 Å². The Kier molecular flexibility index (Phi) is 3.47. The van der Waals surface area contributed by atoms with Gasteiger partial charge in [-0.25, -0.2) is 0 Å². The number of fused-ring (bicyclic) bond motifs is 2. The van der Waals surface area contributed by atoms with Crippen LogP contribution in [0.3, 0.4) is 0 Å². The Morgan fingerprint density at radius 2 is 1.82 bits per heavy atom. The third kappa shape index (κ3) is 2.44. The fourth-order valence-electron chi connectivity index (χ4n) is 3.52. The zero-order valence-corrected chi connectivity index (χ0v) is 13.0. The first kappa shape index (κ1) is 13.6. The first-order valence-corrected chi connectivity index (χ1v) is 8.04. The van der Waals surface area contributed by atoms with Crippen LogP contribution in [0.25, 0.3) is 5.57 Å². The van der Waals surface area contributed by atoms with Crippen LogP contribution in [0.5, 0.6) is 0 Å². The van der Waals surface area contributed by atoms with Gasteiger partial charge in [-0.2, -0.15) is 0 Å². The van der Waals surface area contributed by atoms with Gasteiger partial charge in [-0.1, -0.05) is 48.5 Å². The van der Waals surface area contributed by atoms with Gasteiger partial charge < -0.3 is 4.74 Å². The lowest BCUT2D eigenvalue weighted by atomic mass is 9.94. The average Bonchev–Trinajstić information content (AvgIpc) is 2.58. The zero-order chi connectivity index (χ0) is 14.9. The average molecular weight is 291 g/mol. The molecule has 0 fully saturated rings. The largest absolute Gasteiger partial charge is 0.493 e. The molecule has 0 aliphatic carbocycles. The van der Waals surface area contributed by atoms with Crippen molar-refractivity contribution in [2.24, 2.45) is 0 Å². The Morgan fingerprint density at radius 3 is 2.73 bits per heavy atom. The highest BCUT2D eigenvalue weighted by Gasteiger charge is 2.22. The molecule has 2 aliphatic heterocycles. The summed E-state index contributed by atoms with van der Waals surface area (Å²) in [6.07, 6.45) is 3.26. The van der Waals surface area contributed by atoms with Crippen LogP contribution in [-0.4, -0.2) is 18.0 Å². The first-order valence-electron chi connectivity index (χ1n) is 8.04. The minimum atomic E-state index is 0.155. The number of ether oxygens (including phenoxy) is 1. The van der Waals surface area contributed by atoms with Crippen molar-refractivity contribution >= 4 is 5.57 Å². The molecule has 22 heavy (non-hydrogen) atoms. The maximum absolute atomic E-state index is 5.84. The monoisotopic (exact) mass is 291 g/mol. The third-order valence-corrected chi connectivity index (χ3v) is 4.76. The lowest BCUT2D eigenvalue weighted by molar-refractivity contribution is 0.158. The van der Waals surface area contributed by atoms with E-state index in [1.807, 2.05) is 6.26 Å². The van der Waals surface area contributed by atoms with Crippen LogP contribution < -0.4 is 0 Å². The molecule has 0 spiro atoms. The predicted molar refractivity (Wildman–Crippen MR) is 89.3 cm³/mol. The molecule has 1 atom stereocenters. The van der Waals surface area contributed by atoms with Gasteiger partial charge in [0.15, 0.2) is 0 Å². The van der Waals surface area contributed by atoms with Gasteiger partial charge in [-0.15, -0.1) is 0 Å². The zero-order valence-electron chi connectivity index (χ0n) is 13.0. The van der Waals surface area contributed by atoms with Gasteiger partial charge in [0.05, 0.1) is 6.26 Å². The number of benzene rings is 2. The lowest BCUT2D eigenvalue weighted by Gasteiger charge is -2.31. The molecule has 0 saturated carbocycles. The van der Waals surface area contributed by atoms with E-state index in [0.29, 0.717) is 0 Å². The van der Waals surface area contributed by atoms with Crippen LogP contribution >= 0.6 is 0 Å². The van der Waals surface area contributed by atoms with Crippen LogP contribution in [0.4, 0.5) is 0 Å². The smallest absolute Gasteiger partial charge is 0.121 e. The molecule has 1 unspecified atom stereocenters. The van der Waals surface area contributed by atoms with Crippen molar-refractivity contribution in [3.05, 3.63) is 77.0 Å². The van der Waals surface area contributed by atoms with Crippen molar-refractivity contribution in [1.82, 2.24) is 4.90 Å². The van der Waals surface area contributed by atoms with Crippen molar-refractivity contribution in [3.63, 3.8) is 0 Å². The number of rotatable bonds is 2. The summed E-state index contributed by atoms with van der Waals surface area (Å²) in [6.45, 7) is 5.22. The van der Waals surface area contributed by atoms with E-state index in [4.69, 9.17) is 4.74 Å². The Labute approximate surface area is 132 Å². The van der Waals surface area contributed by atoms with Crippen LogP contribution in [0, 0.1) is 0 Å². The maximum atomic E-state index is 5.84. The molecule has 2 aliphatic rings. The summed E-state index contributed by atoms with van der Waals surface area (Å²) < 4.78 is 5.84. The van der Waals surface area contributed by atoms with Gasteiger partial charge in [0.2, 0.25) is 0 Å². The minimum Gasteiger partial charge on any atom is -0.493 e. The quantitative estimate of drug-likeness (QED) is 0.823.